The Bertz CT molecular complexity index is 530. The Morgan fingerprint density at radius 2 is 1.25 bits per heavy atom. The molecule has 0 aliphatic rings. The van der Waals surface area contributed by atoms with Gasteiger partial charge in [-0.2, -0.15) is 8.42 Å². The monoisotopic (exact) mass is 376 g/mol. The van der Waals surface area contributed by atoms with Crippen LogP contribution in [0.3, 0.4) is 0 Å². The molecule has 0 aromatic rings. The van der Waals surface area contributed by atoms with Crippen molar-refractivity contribution in [1.82, 2.24) is 0 Å². The third-order valence-electron chi connectivity index (χ3n) is 4.54. The predicted octanol–water partition coefficient (Wildman–Crippen LogP) is 2.01. The summed E-state index contributed by atoms with van der Waals surface area (Å²) in [7, 11) is -5.14. The first kappa shape index (κ1) is 26.1. The van der Waals surface area contributed by atoms with Crippen molar-refractivity contribution in [3.63, 3.8) is 0 Å². The Labute approximate surface area is 166 Å². The van der Waals surface area contributed by atoms with Crippen LogP contribution in [0.1, 0.15) is 60.3 Å². The standard InChI is InChI=1S/C15H28O7S.Na.H/c1-10(2)6-8-15(13(18)19,9-7-11(3)4)14(5,12(16)17)23(20,21)22;;/h10-11H,6-9H2,1-5H3,(H,16,17)(H,18,19)(H,20,21,22);;. The molecule has 0 saturated carbocycles. The molecule has 1 atom stereocenters. The Morgan fingerprint density at radius 3 is 1.42 bits per heavy atom. The number of carbonyl (C=O) groups is 2. The molecular weight excluding hydrogens is 347 g/mol. The van der Waals surface area contributed by atoms with Crippen molar-refractivity contribution in [2.24, 2.45) is 17.3 Å². The molecule has 7 nitrogen and oxygen atoms in total. The van der Waals surface area contributed by atoms with Gasteiger partial charge in [0.1, 0.15) is 5.41 Å². The predicted molar refractivity (Wildman–Crippen MR) is 93.0 cm³/mol. The van der Waals surface area contributed by atoms with Crippen molar-refractivity contribution in [2.75, 3.05) is 0 Å². The van der Waals surface area contributed by atoms with Gasteiger partial charge in [-0.25, -0.2) is 0 Å². The average Bonchev–Trinajstić information content (AvgIpc) is 2.35. The molecular formula is C15H29NaO7S. The van der Waals surface area contributed by atoms with E-state index in [0.29, 0.717) is 12.8 Å². The van der Waals surface area contributed by atoms with E-state index in [9.17, 15) is 32.8 Å². The maximum atomic E-state index is 12.0. The molecule has 0 aromatic carbocycles. The molecule has 0 bridgehead atoms. The fourth-order valence-electron chi connectivity index (χ4n) is 2.65. The summed E-state index contributed by atoms with van der Waals surface area (Å²) in [5.74, 6) is -3.24. The van der Waals surface area contributed by atoms with Crippen molar-refractivity contribution < 1.29 is 32.8 Å². The molecule has 24 heavy (non-hydrogen) atoms. The van der Waals surface area contributed by atoms with Crippen molar-refractivity contribution in [2.45, 2.75) is 65.0 Å². The van der Waals surface area contributed by atoms with Crippen LogP contribution in [0.4, 0.5) is 0 Å². The number of hydrogen-bond donors (Lipinski definition) is 3. The molecule has 0 aliphatic heterocycles. The molecule has 0 aliphatic carbocycles. The zero-order valence-corrected chi connectivity index (χ0v) is 15.2. The molecule has 0 rings (SSSR count). The van der Waals surface area contributed by atoms with Crippen molar-refractivity contribution in [3.05, 3.63) is 0 Å². The summed E-state index contributed by atoms with van der Waals surface area (Å²) < 4.78 is 30.4. The minimum atomic E-state index is -5.14. The Balaban J connectivity index is 0. The number of hydrogen-bond acceptors (Lipinski definition) is 4. The van der Waals surface area contributed by atoms with E-state index >= 15 is 0 Å². The number of rotatable bonds is 10. The quantitative estimate of drug-likeness (QED) is 0.393. The molecule has 0 heterocycles. The number of carboxylic acid groups (broad SMARTS) is 2. The fraction of sp³-hybridized carbons (Fsp3) is 0.867. The van der Waals surface area contributed by atoms with Gasteiger partial charge in [-0.15, -0.1) is 0 Å². The maximum absolute atomic E-state index is 12.0. The van der Waals surface area contributed by atoms with Crippen LogP contribution < -0.4 is 0 Å². The fourth-order valence-corrected chi connectivity index (χ4v) is 3.66. The number of carboxylic acids is 2. The van der Waals surface area contributed by atoms with Gasteiger partial charge in [0.25, 0.3) is 10.1 Å². The van der Waals surface area contributed by atoms with Crippen LogP contribution in [0.15, 0.2) is 0 Å². The topological polar surface area (TPSA) is 129 Å². The summed E-state index contributed by atoms with van der Waals surface area (Å²) in [6.45, 7) is 8.13. The third kappa shape index (κ3) is 5.42. The molecule has 0 amide bonds. The van der Waals surface area contributed by atoms with E-state index in [0.717, 1.165) is 6.92 Å². The Morgan fingerprint density at radius 1 is 0.917 bits per heavy atom. The van der Waals surface area contributed by atoms with Gasteiger partial charge in [0, 0.05) is 0 Å². The molecule has 9 heteroatoms. The van der Waals surface area contributed by atoms with Gasteiger partial charge in [0.05, 0.1) is 0 Å². The molecule has 0 fully saturated rings. The summed E-state index contributed by atoms with van der Waals surface area (Å²) in [4.78, 5) is 23.7. The average molecular weight is 376 g/mol. The SMILES string of the molecule is CC(C)CCC(CCC(C)C)(C(=O)O)C(C)(C(=O)O)S(=O)(=O)O.[NaH]. The third-order valence-corrected chi connectivity index (χ3v) is 6.14. The number of aliphatic carboxylic acids is 2. The van der Waals surface area contributed by atoms with Gasteiger partial charge in [-0.1, -0.05) is 27.7 Å². The first-order chi connectivity index (χ1) is 10.2. The zero-order chi connectivity index (χ0) is 18.6. The van der Waals surface area contributed by atoms with Crippen LogP contribution in [-0.2, 0) is 19.7 Å². The first-order valence-corrected chi connectivity index (χ1v) is 9.10. The van der Waals surface area contributed by atoms with Crippen molar-refractivity contribution in [1.29, 1.82) is 0 Å². The summed E-state index contributed by atoms with van der Waals surface area (Å²) >= 11 is 0. The van der Waals surface area contributed by atoms with Crippen LogP contribution in [0.25, 0.3) is 0 Å². The molecule has 0 aromatic heterocycles. The van der Waals surface area contributed by atoms with Gasteiger partial charge in [0.2, 0.25) is 4.75 Å². The van der Waals surface area contributed by atoms with E-state index in [1.807, 2.05) is 27.7 Å². The first-order valence-electron chi connectivity index (χ1n) is 7.66. The Hall–Kier alpha value is -0.150. The second-order valence-corrected chi connectivity index (χ2v) is 8.83. The zero-order valence-electron chi connectivity index (χ0n) is 14.4. The van der Waals surface area contributed by atoms with E-state index < -0.39 is 32.2 Å². The molecule has 0 radical (unpaired) electrons. The van der Waals surface area contributed by atoms with Crippen LogP contribution in [0.2, 0.25) is 0 Å². The molecule has 138 valence electrons. The van der Waals surface area contributed by atoms with Gasteiger partial charge in [0.15, 0.2) is 0 Å². The molecule has 0 saturated heterocycles. The molecule has 1 unspecified atom stereocenters. The normalized spacial score (nSPS) is 15.0. The van der Waals surface area contributed by atoms with Crippen molar-refractivity contribution >= 4 is 51.6 Å². The van der Waals surface area contributed by atoms with E-state index in [2.05, 4.69) is 0 Å². The van der Waals surface area contributed by atoms with Crippen molar-refractivity contribution in [3.8, 4) is 0 Å². The van der Waals surface area contributed by atoms with Crippen LogP contribution in [-0.4, -0.2) is 69.4 Å². The van der Waals surface area contributed by atoms with E-state index in [1.54, 1.807) is 0 Å². The molecule has 0 spiro atoms. The Kier molecular flexibility index (Phi) is 10.3. The van der Waals surface area contributed by atoms with E-state index in [1.165, 1.54) is 0 Å². The minimum absolute atomic E-state index is 0. The second-order valence-electron chi connectivity index (χ2n) is 7.07. The van der Waals surface area contributed by atoms with Gasteiger partial charge >= 0.3 is 41.5 Å². The van der Waals surface area contributed by atoms with E-state index in [4.69, 9.17) is 0 Å². The van der Waals surface area contributed by atoms with Crippen LogP contribution >= 0.6 is 0 Å². The summed E-state index contributed by atoms with van der Waals surface area (Å²) in [6, 6.07) is 0. The van der Waals surface area contributed by atoms with Gasteiger partial charge in [-0.3, -0.25) is 14.1 Å². The van der Waals surface area contributed by atoms with Gasteiger partial charge < -0.3 is 10.2 Å². The second kappa shape index (κ2) is 9.52. The molecule has 3 N–H and O–H groups in total. The van der Waals surface area contributed by atoms with Crippen LogP contribution in [0.5, 0.6) is 0 Å². The van der Waals surface area contributed by atoms with Crippen LogP contribution in [0, 0.1) is 17.3 Å². The summed E-state index contributed by atoms with van der Waals surface area (Å²) in [5, 5.41) is 19.2. The van der Waals surface area contributed by atoms with E-state index in [-0.39, 0.29) is 54.2 Å². The summed E-state index contributed by atoms with van der Waals surface area (Å²) in [6.07, 6.45) is 0.385. The summed E-state index contributed by atoms with van der Waals surface area (Å²) in [5.41, 5.74) is -2.10. The van der Waals surface area contributed by atoms with Gasteiger partial charge in [-0.05, 0) is 44.4 Å².